The second-order valence-corrected chi connectivity index (χ2v) is 2.37. The summed E-state index contributed by atoms with van der Waals surface area (Å²) >= 11 is 0. The molecule has 1 heterocycles. The lowest BCUT2D eigenvalue weighted by atomic mass is 10.1. The van der Waals surface area contributed by atoms with E-state index in [1.807, 2.05) is 0 Å². The molecule has 0 saturated carbocycles. The van der Waals surface area contributed by atoms with Gasteiger partial charge in [0, 0.05) is 17.4 Å². The van der Waals surface area contributed by atoms with Crippen LogP contribution in [0.3, 0.4) is 0 Å². The molecule has 1 atom stereocenters. The van der Waals surface area contributed by atoms with Crippen LogP contribution in [0.2, 0.25) is 0 Å². The Labute approximate surface area is 53.4 Å². The van der Waals surface area contributed by atoms with E-state index in [0.29, 0.717) is 0 Å². The quantitative estimate of drug-likeness (QED) is 0.418. The first-order chi connectivity index (χ1) is 4.29. The van der Waals surface area contributed by atoms with Gasteiger partial charge in [0.15, 0.2) is 0 Å². The van der Waals surface area contributed by atoms with Gasteiger partial charge in [0.1, 0.15) is 0 Å². The number of rotatable bonds is 2. The number of hydrogen-bond donors (Lipinski definition) is 1. The van der Waals surface area contributed by atoms with Crippen molar-refractivity contribution in [3.63, 3.8) is 0 Å². The summed E-state index contributed by atoms with van der Waals surface area (Å²) in [6.45, 7) is 1.90. The van der Waals surface area contributed by atoms with E-state index in [2.05, 4.69) is 5.32 Å². The molecule has 1 saturated heterocycles. The monoisotopic (exact) mass is 130 g/mol. The van der Waals surface area contributed by atoms with Crippen LogP contribution in [-0.2, 0) is 0 Å². The second kappa shape index (κ2) is 2.77. The molecule has 0 spiro atoms. The topological polar surface area (TPSA) is 55.2 Å². The van der Waals surface area contributed by atoms with E-state index in [4.69, 9.17) is 0 Å². The van der Waals surface area contributed by atoms with Gasteiger partial charge in [0.25, 0.3) is 0 Å². The van der Waals surface area contributed by atoms with Crippen molar-refractivity contribution in [3.05, 3.63) is 10.1 Å². The third kappa shape index (κ3) is 1.97. The zero-order valence-corrected chi connectivity index (χ0v) is 5.17. The highest BCUT2D eigenvalue weighted by molar-refractivity contribution is 4.69. The maximum absolute atomic E-state index is 9.93. The van der Waals surface area contributed by atoms with Crippen molar-refractivity contribution < 1.29 is 4.92 Å². The molecular weight excluding hydrogens is 120 g/mol. The Balaban J connectivity index is 2.19. The summed E-state index contributed by atoms with van der Waals surface area (Å²) in [5, 5.41) is 13.0. The normalized spacial score (nSPS) is 26.4. The number of nitro groups is 1. The summed E-state index contributed by atoms with van der Waals surface area (Å²) in [6.07, 6.45) is 0.959. The van der Waals surface area contributed by atoms with Crippen LogP contribution < -0.4 is 5.32 Å². The Morgan fingerprint density at radius 2 is 2.56 bits per heavy atom. The molecule has 1 aliphatic rings. The Morgan fingerprint density at radius 1 is 1.78 bits per heavy atom. The highest BCUT2D eigenvalue weighted by Gasteiger charge is 2.18. The van der Waals surface area contributed by atoms with E-state index in [1.165, 1.54) is 0 Å². The Bertz CT molecular complexity index is 110. The molecule has 4 heteroatoms. The maximum atomic E-state index is 9.93. The molecule has 1 N–H and O–H groups in total. The summed E-state index contributed by atoms with van der Waals surface area (Å²) in [4.78, 5) is 9.69. The summed E-state index contributed by atoms with van der Waals surface area (Å²) in [6, 6.07) is 0. The van der Waals surface area contributed by atoms with Crippen LogP contribution in [0.5, 0.6) is 0 Å². The van der Waals surface area contributed by atoms with E-state index in [-0.39, 0.29) is 17.4 Å². The van der Waals surface area contributed by atoms with Gasteiger partial charge < -0.3 is 5.32 Å². The summed E-state index contributed by atoms with van der Waals surface area (Å²) in [7, 11) is 0. The van der Waals surface area contributed by atoms with Crippen LogP contribution in [0.25, 0.3) is 0 Å². The summed E-state index contributed by atoms with van der Waals surface area (Å²) in [5.74, 6) is 0.278. The van der Waals surface area contributed by atoms with Crippen molar-refractivity contribution in [2.45, 2.75) is 6.42 Å². The number of nitrogens with zero attached hydrogens (tertiary/aromatic N) is 1. The van der Waals surface area contributed by atoms with Gasteiger partial charge in [-0.15, -0.1) is 0 Å². The molecule has 0 aliphatic carbocycles. The van der Waals surface area contributed by atoms with Crippen LogP contribution >= 0.6 is 0 Å². The van der Waals surface area contributed by atoms with E-state index in [0.717, 1.165) is 19.5 Å². The first kappa shape index (κ1) is 6.48. The van der Waals surface area contributed by atoms with E-state index >= 15 is 0 Å². The largest absolute Gasteiger partial charge is 0.316 e. The lowest BCUT2D eigenvalue weighted by Gasteiger charge is -1.98. The zero-order chi connectivity index (χ0) is 6.69. The minimum absolute atomic E-state index is 0.132. The number of nitrogens with one attached hydrogen (secondary N) is 1. The molecule has 0 aromatic carbocycles. The molecule has 9 heavy (non-hydrogen) atoms. The molecule has 4 nitrogen and oxygen atoms in total. The average molecular weight is 130 g/mol. The van der Waals surface area contributed by atoms with Crippen molar-refractivity contribution in [1.82, 2.24) is 5.32 Å². The first-order valence-electron chi connectivity index (χ1n) is 3.11. The van der Waals surface area contributed by atoms with Gasteiger partial charge in [-0.2, -0.15) is 0 Å². The van der Waals surface area contributed by atoms with Gasteiger partial charge >= 0.3 is 0 Å². The average Bonchev–Trinajstić information content (AvgIpc) is 2.15. The van der Waals surface area contributed by atoms with Crippen molar-refractivity contribution in [2.75, 3.05) is 19.6 Å². The third-order valence-corrected chi connectivity index (χ3v) is 1.57. The number of hydrogen-bond acceptors (Lipinski definition) is 3. The minimum atomic E-state index is -0.238. The summed E-state index contributed by atoms with van der Waals surface area (Å²) in [5.41, 5.74) is 0. The Morgan fingerprint density at radius 3 is 3.00 bits per heavy atom. The molecule has 0 amide bonds. The highest BCUT2D eigenvalue weighted by Crippen LogP contribution is 2.06. The predicted molar refractivity (Wildman–Crippen MR) is 32.8 cm³/mol. The van der Waals surface area contributed by atoms with Crippen molar-refractivity contribution in [1.29, 1.82) is 0 Å². The summed E-state index contributed by atoms with van der Waals surface area (Å²) < 4.78 is 0. The fraction of sp³-hybridized carbons (Fsp3) is 1.00. The molecule has 1 unspecified atom stereocenters. The molecule has 0 aromatic rings. The molecule has 1 rings (SSSR count). The fourth-order valence-electron chi connectivity index (χ4n) is 1.08. The van der Waals surface area contributed by atoms with Gasteiger partial charge in [-0.1, -0.05) is 0 Å². The van der Waals surface area contributed by atoms with Crippen LogP contribution in [-0.4, -0.2) is 24.6 Å². The molecule has 1 fully saturated rings. The van der Waals surface area contributed by atoms with Crippen molar-refractivity contribution in [3.8, 4) is 0 Å². The van der Waals surface area contributed by atoms with Crippen LogP contribution in [0.1, 0.15) is 6.42 Å². The molecule has 1 aliphatic heterocycles. The standard InChI is InChI=1S/C5H10N2O2/c8-7(9)4-5-1-2-6-3-5/h5-6H,1-4H2. The SMILES string of the molecule is O=[N+]([O-])CC1CCNC1. The van der Waals surface area contributed by atoms with Gasteiger partial charge in [0.2, 0.25) is 6.54 Å². The van der Waals surface area contributed by atoms with Gasteiger partial charge in [-0.05, 0) is 13.0 Å². The first-order valence-corrected chi connectivity index (χ1v) is 3.11. The maximum Gasteiger partial charge on any atom is 0.207 e. The molecule has 0 aromatic heterocycles. The van der Waals surface area contributed by atoms with Gasteiger partial charge in [-0.25, -0.2) is 0 Å². The molecule has 0 radical (unpaired) electrons. The van der Waals surface area contributed by atoms with Gasteiger partial charge in [-0.3, -0.25) is 10.1 Å². The molecule has 52 valence electrons. The van der Waals surface area contributed by atoms with E-state index in [9.17, 15) is 10.1 Å². The Hall–Kier alpha value is -0.640. The van der Waals surface area contributed by atoms with E-state index < -0.39 is 0 Å². The zero-order valence-electron chi connectivity index (χ0n) is 5.17. The highest BCUT2D eigenvalue weighted by atomic mass is 16.6. The smallest absolute Gasteiger partial charge is 0.207 e. The van der Waals surface area contributed by atoms with Gasteiger partial charge in [0.05, 0.1) is 0 Å². The lowest BCUT2D eigenvalue weighted by molar-refractivity contribution is -0.487. The predicted octanol–water partition coefficient (Wildman–Crippen LogP) is -0.127. The molecular formula is C5H10N2O2. The third-order valence-electron chi connectivity index (χ3n) is 1.57. The lowest BCUT2D eigenvalue weighted by Crippen LogP contribution is -2.16. The molecule has 0 bridgehead atoms. The van der Waals surface area contributed by atoms with Crippen molar-refractivity contribution >= 4 is 0 Å². The van der Waals surface area contributed by atoms with E-state index in [1.54, 1.807) is 0 Å². The minimum Gasteiger partial charge on any atom is -0.316 e. The fourth-order valence-corrected chi connectivity index (χ4v) is 1.08. The van der Waals surface area contributed by atoms with Crippen molar-refractivity contribution in [2.24, 2.45) is 5.92 Å². The van der Waals surface area contributed by atoms with Crippen LogP contribution in [0.15, 0.2) is 0 Å². The van der Waals surface area contributed by atoms with Crippen LogP contribution in [0, 0.1) is 16.0 Å². The second-order valence-electron chi connectivity index (χ2n) is 2.37. The Kier molecular flexibility index (Phi) is 2.00. The van der Waals surface area contributed by atoms with Crippen LogP contribution in [0.4, 0.5) is 0 Å².